The van der Waals surface area contributed by atoms with Crippen LogP contribution in [0.5, 0.6) is 0 Å². The van der Waals surface area contributed by atoms with E-state index in [2.05, 4.69) is 119 Å². The van der Waals surface area contributed by atoms with Gasteiger partial charge in [-0.2, -0.15) is 0 Å². The molecule has 2 nitrogen and oxygen atoms in total. The molecular formula is C26H30N2. The lowest BCUT2D eigenvalue weighted by atomic mass is 9.63. The van der Waals surface area contributed by atoms with Gasteiger partial charge in [-0.15, -0.1) is 0 Å². The SMILES string of the molecule is CN(C)c1ccc2c(c1)C(C)(C)c1cc(N(C)C)ccc1C2c1ccccc1. The zero-order valence-corrected chi connectivity index (χ0v) is 17.8. The molecule has 0 saturated carbocycles. The molecular weight excluding hydrogens is 340 g/mol. The van der Waals surface area contributed by atoms with Gasteiger partial charge in [0.15, 0.2) is 0 Å². The molecule has 0 unspecified atom stereocenters. The lowest BCUT2D eigenvalue weighted by Gasteiger charge is -2.41. The van der Waals surface area contributed by atoms with Crippen LogP contribution in [0.1, 0.15) is 47.6 Å². The van der Waals surface area contributed by atoms with Crippen LogP contribution in [-0.2, 0) is 5.41 Å². The van der Waals surface area contributed by atoms with Gasteiger partial charge >= 0.3 is 0 Å². The lowest BCUT2D eigenvalue weighted by molar-refractivity contribution is 0.597. The Labute approximate surface area is 169 Å². The average Bonchev–Trinajstić information content (AvgIpc) is 2.68. The van der Waals surface area contributed by atoms with Gasteiger partial charge in [-0.05, 0) is 52.1 Å². The molecule has 0 N–H and O–H groups in total. The van der Waals surface area contributed by atoms with Gasteiger partial charge in [-0.25, -0.2) is 0 Å². The van der Waals surface area contributed by atoms with Crippen LogP contribution in [-0.4, -0.2) is 28.2 Å². The van der Waals surface area contributed by atoms with Crippen LogP contribution >= 0.6 is 0 Å². The minimum atomic E-state index is -0.0476. The quantitative estimate of drug-likeness (QED) is 0.589. The van der Waals surface area contributed by atoms with Crippen molar-refractivity contribution in [2.45, 2.75) is 25.2 Å². The van der Waals surface area contributed by atoms with E-state index in [0.29, 0.717) is 0 Å². The summed E-state index contributed by atoms with van der Waals surface area (Å²) in [5, 5.41) is 0. The molecule has 0 aromatic heterocycles. The second kappa shape index (κ2) is 6.70. The molecule has 1 aliphatic carbocycles. The number of anilines is 2. The van der Waals surface area contributed by atoms with Crippen LogP contribution in [0.15, 0.2) is 66.7 Å². The molecule has 3 aromatic carbocycles. The predicted octanol–water partition coefficient (Wildman–Crippen LogP) is 5.64. The third-order valence-corrected chi connectivity index (χ3v) is 6.21. The number of benzene rings is 3. The number of fused-ring (bicyclic) bond motifs is 2. The Hall–Kier alpha value is -2.74. The topological polar surface area (TPSA) is 6.48 Å². The largest absolute Gasteiger partial charge is 0.378 e. The Morgan fingerprint density at radius 1 is 0.643 bits per heavy atom. The second-order valence-electron chi connectivity index (χ2n) is 8.80. The van der Waals surface area contributed by atoms with Crippen molar-refractivity contribution in [3.05, 3.63) is 94.5 Å². The molecule has 0 fully saturated rings. The van der Waals surface area contributed by atoms with E-state index in [9.17, 15) is 0 Å². The van der Waals surface area contributed by atoms with Gasteiger partial charge in [-0.3, -0.25) is 0 Å². The summed E-state index contributed by atoms with van der Waals surface area (Å²) in [6.07, 6.45) is 0. The molecule has 0 heterocycles. The fourth-order valence-electron chi connectivity index (χ4n) is 4.55. The van der Waals surface area contributed by atoms with E-state index in [4.69, 9.17) is 0 Å². The first-order chi connectivity index (χ1) is 13.3. The van der Waals surface area contributed by atoms with Gasteiger partial charge in [0, 0.05) is 50.9 Å². The molecule has 1 aliphatic rings. The molecule has 3 aromatic rings. The fraction of sp³-hybridized carbons (Fsp3) is 0.308. The second-order valence-corrected chi connectivity index (χ2v) is 8.80. The molecule has 28 heavy (non-hydrogen) atoms. The first-order valence-corrected chi connectivity index (χ1v) is 9.99. The van der Waals surface area contributed by atoms with Crippen molar-refractivity contribution in [2.24, 2.45) is 0 Å². The first-order valence-electron chi connectivity index (χ1n) is 9.99. The third-order valence-electron chi connectivity index (χ3n) is 6.21. The molecule has 0 amide bonds. The number of hydrogen-bond acceptors (Lipinski definition) is 2. The van der Waals surface area contributed by atoms with E-state index in [1.165, 1.54) is 39.2 Å². The van der Waals surface area contributed by atoms with Crippen molar-refractivity contribution < 1.29 is 0 Å². The van der Waals surface area contributed by atoms with Crippen LogP contribution in [0.2, 0.25) is 0 Å². The maximum atomic E-state index is 2.39. The van der Waals surface area contributed by atoms with Crippen molar-refractivity contribution in [1.82, 2.24) is 0 Å². The summed E-state index contributed by atoms with van der Waals surface area (Å²) in [7, 11) is 8.46. The van der Waals surface area contributed by atoms with Crippen molar-refractivity contribution in [2.75, 3.05) is 38.0 Å². The van der Waals surface area contributed by atoms with Gasteiger partial charge in [0.25, 0.3) is 0 Å². The third kappa shape index (κ3) is 2.88. The van der Waals surface area contributed by atoms with Crippen LogP contribution in [0.3, 0.4) is 0 Å². The normalized spacial score (nSPS) is 14.9. The predicted molar refractivity (Wildman–Crippen MR) is 121 cm³/mol. The maximum Gasteiger partial charge on any atom is 0.0364 e. The van der Waals surface area contributed by atoms with Gasteiger partial charge < -0.3 is 9.80 Å². The molecule has 0 atom stereocenters. The lowest BCUT2D eigenvalue weighted by Crippen LogP contribution is -2.30. The number of rotatable bonds is 3. The van der Waals surface area contributed by atoms with Gasteiger partial charge in [-0.1, -0.05) is 56.3 Å². The highest BCUT2D eigenvalue weighted by Gasteiger charge is 2.38. The molecule has 4 rings (SSSR count). The highest BCUT2D eigenvalue weighted by molar-refractivity contribution is 5.66. The Morgan fingerprint density at radius 2 is 1.11 bits per heavy atom. The monoisotopic (exact) mass is 370 g/mol. The summed E-state index contributed by atoms with van der Waals surface area (Å²) in [6, 6.07) is 24.9. The summed E-state index contributed by atoms with van der Waals surface area (Å²) in [5.74, 6) is 0.270. The van der Waals surface area contributed by atoms with E-state index < -0.39 is 0 Å². The maximum absolute atomic E-state index is 2.39. The van der Waals surface area contributed by atoms with Gasteiger partial charge in [0.05, 0.1) is 0 Å². The first kappa shape index (κ1) is 18.6. The van der Waals surface area contributed by atoms with E-state index in [1.54, 1.807) is 0 Å². The Balaban J connectivity index is 2.02. The Kier molecular flexibility index (Phi) is 4.45. The van der Waals surface area contributed by atoms with Crippen molar-refractivity contribution in [3.63, 3.8) is 0 Å². The van der Waals surface area contributed by atoms with Crippen molar-refractivity contribution in [3.8, 4) is 0 Å². The summed E-state index contributed by atoms with van der Waals surface area (Å²) in [5.41, 5.74) is 9.52. The molecule has 2 heteroatoms. The van der Waals surface area contributed by atoms with Crippen LogP contribution in [0.25, 0.3) is 0 Å². The van der Waals surface area contributed by atoms with E-state index in [0.717, 1.165) is 0 Å². The smallest absolute Gasteiger partial charge is 0.0364 e. The molecule has 144 valence electrons. The van der Waals surface area contributed by atoms with Crippen molar-refractivity contribution >= 4 is 11.4 Å². The highest BCUT2D eigenvalue weighted by Crippen LogP contribution is 2.50. The van der Waals surface area contributed by atoms with E-state index in [-0.39, 0.29) is 11.3 Å². The standard InChI is InChI=1S/C26H30N2/c1-26(2)23-16-19(27(3)4)12-14-21(23)25(18-10-8-7-9-11-18)22-15-13-20(28(5)6)17-24(22)26/h7-17,25H,1-6H3. The van der Waals surface area contributed by atoms with Gasteiger partial charge in [0.2, 0.25) is 0 Å². The number of nitrogens with zero attached hydrogens (tertiary/aromatic N) is 2. The molecule has 0 spiro atoms. The Morgan fingerprint density at radius 3 is 1.54 bits per heavy atom. The average molecular weight is 371 g/mol. The van der Waals surface area contributed by atoms with E-state index >= 15 is 0 Å². The molecule has 0 bridgehead atoms. The van der Waals surface area contributed by atoms with Gasteiger partial charge in [0.1, 0.15) is 0 Å². The summed E-state index contributed by atoms with van der Waals surface area (Å²) in [6.45, 7) is 4.73. The van der Waals surface area contributed by atoms with Crippen LogP contribution in [0, 0.1) is 0 Å². The zero-order chi connectivity index (χ0) is 20.1. The molecule has 0 aliphatic heterocycles. The minimum Gasteiger partial charge on any atom is -0.378 e. The van der Waals surface area contributed by atoms with Crippen molar-refractivity contribution in [1.29, 1.82) is 0 Å². The summed E-state index contributed by atoms with van der Waals surface area (Å²) >= 11 is 0. The van der Waals surface area contributed by atoms with E-state index in [1.807, 2.05) is 0 Å². The Bertz CT molecular complexity index is 939. The van der Waals surface area contributed by atoms with Crippen LogP contribution < -0.4 is 9.80 Å². The molecule has 0 saturated heterocycles. The minimum absolute atomic E-state index is 0.0476. The zero-order valence-electron chi connectivity index (χ0n) is 17.8. The summed E-state index contributed by atoms with van der Waals surface area (Å²) < 4.78 is 0. The van der Waals surface area contributed by atoms with Crippen LogP contribution in [0.4, 0.5) is 11.4 Å². The summed E-state index contributed by atoms with van der Waals surface area (Å²) in [4.78, 5) is 4.39. The number of hydrogen-bond donors (Lipinski definition) is 0. The highest BCUT2D eigenvalue weighted by atomic mass is 15.1. The molecule has 0 radical (unpaired) electrons. The fourth-order valence-corrected chi connectivity index (χ4v) is 4.55.